The van der Waals surface area contributed by atoms with Crippen LogP contribution in [-0.2, 0) is 4.74 Å². The fraction of sp³-hybridized carbons (Fsp3) is 0.0455. The summed E-state index contributed by atoms with van der Waals surface area (Å²) in [6.45, 7) is 0. The highest BCUT2D eigenvalue weighted by atomic mass is 35.5. The van der Waals surface area contributed by atoms with E-state index >= 15 is 0 Å². The lowest BCUT2D eigenvalue weighted by Gasteiger charge is -2.10. The number of methoxy groups -OCH3 is 1. The number of benzene rings is 3. The van der Waals surface area contributed by atoms with Crippen LogP contribution in [0, 0.1) is 0 Å². The predicted molar refractivity (Wildman–Crippen MR) is 109 cm³/mol. The minimum Gasteiger partial charge on any atom is -0.465 e. The van der Waals surface area contributed by atoms with Crippen molar-refractivity contribution in [3.8, 4) is 11.1 Å². The van der Waals surface area contributed by atoms with Crippen molar-refractivity contribution < 1.29 is 9.53 Å². The largest absolute Gasteiger partial charge is 0.465 e. The third-order valence-electron chi connectivity index (χ3n) is 3.94. The monoisotopic (exact) mass is 382 g/mol. The van der Waals surface area contributed by atoms with Gasteiger partial charge in [0, 0.05) is 10.0 Å². The molecule has 0 atom stereocenters. The Hall–Kier alpha value is -2.55. The first-order chi connectivity index (χ1) is 12.6. The van der Waals surface area contributed by atoms with Crippen LogP contribution in [0.15, 0.2) is 66.7 Å². The number of ether oxygens (including phenoxy) is 1. The molecule has 0 aliphatic heterocycles. The van der Waals surface area contributed by atoms with E-state index in [1.165, 1.54) is 7.11 Å². The van der Waals surface area contributed by atoms with E-state index in [1.807, 2.05) is 60.7 Å². The molecular weight excluding hydrogens is 367 g/mol. The van der Waals surface area contributed by atoms with E-state index in [9.17, 15) is 4.79 Å². The Morgan fingerprint density at radius 2 is 1.35 bits per heavy atom. The standard InChI is InChI=1S/C22H16Cl2O2/c1-26-22(25)20-13-6-16(3-2-15-4-9-18(23)10-5-15)14-21(20)17-7-11-19(24)12-8-17/h2-14H,1H3/b3-2+. The first-order valence-electron chi connectivity index (χ1n) is 7.99. The van der Waals surface area contributed by atoms with Crippen LogP contribution in [0.4, 0.5) is 0 Å². The van der Waals surface area contributed by atoms with Crippen molar-refractivity contribution >= 4 is 41.3 Å². The predicted octanol–water partition coefficient (Wildman–Crippen LogP) is 6.62. The van der Waals surface area contributed by atoms with E-state index in [0.717, 1.165) is 22.3 Å². The molecule has 0 bridgehead atoms. The normalized spacial score (nSPS) is 10.9. The van der Waals surface area contributed by atoms with E-state index in [-0.39, 0.29) is 5.97 Å². The maximum atomic E-state index is 12.1. The Labute approximate surface area is 162 Å². The summed E-state index contributed by atoms with van der Waals surface area (Å²) in [4.78, 5) is 12.1. The molecule has 0 unspecified atom stereocenters. The zero-order valence-electron chi connectivity index (χ0n) is 14.1. The van der Waals surface area contributed by atoms with Gasteiger partial charge in [-0.15, -0.1) is 0 Å². The summed E-state index contributed by atoms with van der Waals surface area (Å²) in [5.41, 5.74) is 4.22. The van der Waals surface area contributed by atoms with Crippen molar-refractivity contribution in [1.29, 1.82) is 0 Å². The van der Waals surface area contributed by atoms with E-state index in [1.54, 1.807) is 18.2 Å². The van der Waals surface area contributed by atoms with E-state index in [0.29, 0.717) is 15.6 Å². The molecule has 0 N–H and O–H groups in total. The highest BCUT2D eigenvalue weighted by Gasteiger charge is 2.13. The van der Waals surface area contributed by atoms with Crippen LogP contribution < -0.4 is 0 Å². The van der Waals surface area contributed by atoms with Crippen molar-refractivity contribution in [2.45, 2.75) is 0 Å². The molecule has 4 heteroatoms. The summed E-state index contributed by atoms with van der Waals surface area (Å²) >= 11 is 11.9. The van der Waals surface area contributed by atoms with Crippen LogP contribution >= 0.6 is 23.2 Å². The van der Waals surface area contributed by atoms with Crippen LogP contribution in [0.3, 0.4) is 0 Å². The second-order valence-electron chi connectivity index (χ2n) is 5.69. The molecule has 26 heavy (non-hydrogen) atoms. The lowest BCUT2D eigenvalue weighted by atomic mass is 9.97. The zero-order chi connectivity index (χ0) is 18.5. The molecule has 0 heterocycles. The third kappa shape index (κ3) is 4.34. The first kappa shape index (κ1) is 18.2. The van der Waals surface area contributed by atoms with Gasteiger partial charge in [-0.2, -0.15) is 0 Å². The molecule has 0 aliphatic rings. The second kappa shape index (κ2) is 8.22. The fourth-order valence-electron chi connectivity index (χ4n) is 2.59. The van der Waals surface area contributed by atoms with E-state index < -0.39 is 0 Å². The van der Waals surface area contributed by atoms with Gasteiger partial charge in [-0.1, -0.05) is 65.7 Å². The van der Waals surface area contributed by atoms with Gasteiger partial charge in [0.2, 0.25) is 0 Å². The van der Waals surface area contributed by atoms with Gasteiger partial charge in [-0.3, -0.25) is 0 Å². The van der Waals surface area contributed by atoms with Gasteiger partial charge >= 0.3 is 5.97 Å². The van der Waals surface area contributed by atoms with Gasteiger partial charge in [0.15, 0.2) is 0 Å². The fourth-order valence-corrected chi connectivity index (χ4v) is 2.84. The molecule has 0 fully saturated rings. The van der Waals surface area contributed by atoms with Crippen molar-refractivity contribution in [1.82, 2.24) is 0 Å². The number of esters is 1. The number of carbonyl (C=O) groups is 1. The maximum absolute atomic E-state index is 12.1. The molecule has 0 amide bonds. The molecule has 3 aromatic carbocycles. The minimum atomic E-state index is -0.372. The quantitative estimate of drug-likeness (QED) is 0.374. The van der Waals surface area contributed by atoms with Crippen LogP contribution in [0.1, 0.15) is 21.5 Å². The number of halogens is 2. The zero-order valence-corrected chi connectivity index (χ0v) is 15.6. The number of rotatable bonds is 4. The third-order valence-corrected chi connectivity index (χ3v) is 4.45. The van der Waals surface area contributed by atoms with E-state index in [4.69, 9.17) is 27.9 Å². The number of carbonyl (C=O) groups excluding carboxylic acids is 1. The topological polar surface area (TPSA) is 26.3 Å². The first-order valence-corrected chi connectivity index (χ1v) is 8.74. The van der Waals surface area contributed by atoms with Crippen molar-refractivity contribution in [2.24, 2.45) is 0 Å². The summed E-state index contributed by atoms with van der Waals surface area (Å²) in [5.74, 6) is -0.372. The molecule has 0 saturated heterocycles. The van der Waals surface area contributed by atoms with Crippen molar-refractivity contribution in [2.75, 3.05) is 7.11 Å². The van der Waals surface area contributed by atoms with Gasteiger partial charge in [0.05, 0.1) is 12.7 Å². The Morgan fingerprint density at radius 3 is 1.96 bits per heavy atom. The van der Waals surface area contributed by atoms with Gasteiger partial charge in [0.25, 0.3) is 0 Å². The molecule has 3 aromatic rings. The summed E-state index contributed by atoms with van der Waals surface area (Å²) in [6.07, 6.45) is 3.98. The molecule has 0 aliphatic carbocycles. The Balaban J connectivity index is 2.00. The highest BCUT2D eigenvalue weighted by molar-refractivity contribution is 6.30. The summed E-state index contributed by atoms with van der Waals surface area (Å²) in [6, 6.07) is 20.6. The Bertz CT molecular complexity index is 943. The van der Waals surface area contributed by atoms with Crippen LogP contribution in [0.25, 0.3) is 23.3 Å². The molecule has 2 nitrogen and oxygen atoms in total. The molecule has 3 rings (SSSR count). The average Bonchev–Trinajstić information content (AvgIpc) is 2.67. The highest BCUT2D eigenvalue weighted by Crippen LogP contribution is 2.28. The van der Waals surface area contributed by atoms with Crippen LogP contribution in [0.2, 0.25) is 10.0 Å². The molecule has 0 spiro atoms. The molecular formula is C22H16Cl2O2. The SMILES string of the molecule is COC(=O)c1ccc(/C=C/c2ccc(Cl)cc2)cc1-c1ccc(Cl)cc1. The molecule has 130 valence electrons. The van der Waals surface area contributed by atoms with Crippen LogP contribution in [-0.4, -0.2) is 13.1 Å². The number of hydrogen-bond donors (Lipinski definition) is 0. The molecule has 0 radical (unpaired) electrons. The lowest BCUT2D eigenvalue weighted by molar-refractivity contribution is 0.0601. The van der Waals surface area contributed by atoms with Crippen molar-refractivity contribution in [3.05, 3.63) is 93.5 Å². The van der Waals surface area contributed by atoms with Gasteiger partial charge < -0.3 is 4.74 Å². The minimum absolute atomic E-state index is 0.372. The summed E-state index contributed by atoms with van der Waals surface area (Å²) in [5, 5.41) is 1.35. The number of hydrogen-bond acceptors (Lipinski definition) is 2. The summed E-state index contributed by atoms with van der Waals surface area (Å²) in [7, 11) is 1.38. The smallest absolute Gasteiger partial charge is 0.338 e. The summed E-state index contributed by atoms with van der Waals surface area (Å²) < 4.78 is 4.91. The lowest BCUT2D eigenvalue weighted by Crippen LogP contribution is -2.03. The van der Waals surface area contributed by atoms with E-state index in [2.05, 4.69) is 0 Å². The van der Waals surface area contributed by atoms with Gasteiger partial charge in [-0.05, 0) is 58.7 Å². The molecule has 0 saturated carbocycles. The van der Waals surface area contributed by atoms with Gasteiger partial charge in [0.1, 0.15) is 0 Å². The van der Waals surface area contributed by atoms with Crippen LogP contribution in [0.5, 0.6) is 0 Å². The van der Waals surface area contributed by atoms with Gasteiger partial charge in [-0.25, -0.2) is 4.79 Å². The maximum Gasteiger partial charge on any atom is 0.338 e. The van der Waals surface area contributed by atoms with Crippen molar-refractivity contribution in [3.63, 3.8) is 0 Å². The molecule has 0 aromatic heterocycles. The Kier molecular flexibility index (Phi) is 5.77. The average molecular weight is 383 g/mol. The second-order valence-corrected chi connectivity index (χ2v) is 6.56. The Morgan fingerprint density at radius 1 is 0.808 bits per heavy atom.